The van der Waals surface area contributed by atoms with Crippen molar-refractivity contribution in [2.45, 2.75) is 25.8 Å². The number of carbonyl (C=O) groups is 1. The Bertz CT molecular complexity index is 470. The van der Waals surface area contributed by atoms with Crippen LogP contribution in [0.25, 0.3) is 0 Å². The van der Waals surface area contributed by atoms with Crippen LogP contribution in [0.3, 0.4) is 0 Å². The molecule has 3 N–H and O–H groups in total. The Kier molecular flexibility index (Phi) is 7.30. The number of benzene rings is 1. The van der Waals surface area contributed by atoms with Crippen LogP contribution >= 0.6 is 39.9 Å². The van der Waals surface area contributed by atoms with Crippen molar-refractivity contribution in [3.05, 3.63) is 33.3 Å². The summed E-state index contributed by atoms with van der Waals surface area (Å²) in [4.78, 5) is 12.1. The minimum absolute atomic E-state index is 0. The third-order valence-corrected chi connectivity index (χ3v) is 4.61. The second kappa shape index (κ2) is 8.23. The van der Waals surface area contributed by atoms with Gasteiger partial charge in [-0.05, 0) is 43.0 Å². The fourth-order valence-electron chi connectivity index (χ4n) is 2.64. The van der Waals surface area contributed by atoms with Gasteiger partial charge < -0.3 is 11.1 Å². The van der Waals surface area contributed by atoms with Crippen molar-refractivity contribution in [2.75, 3.05) is 6.54 Å². The van der Waals surface area contributed by atoms with Crippen LogP contribution in [0.5, 0.6) is 0 Å². The van der Waals surface area contributed by atoms with Gasteiger partial charge in [-0.1, -0.05) is 40.0 Å². The van der Waals surface area contributed by atoms with E-state index in [1.165, 1.54) is 0 Å². The van der Waals surface area contributed by atoms with E-state index in [1.54, 1.807) is 0 Å². The lowest BCUT2D eigenvalue weighted by molar-refractivity contribution is -0.126. The van der Waals surface area contributed by atoms with Crippen molar-refractivity contribution in [2.24, 2.45) is 17.6 Å². The van der Waals surface area contributed by atoms with Gasteiger partial charge in [0.1, 0.15) is 0 Å². The molecule has 0 heterocycles. The van der Waals surface area contributed by atoms with Gasteiger partial charge in [-0.2, -0.15) is 0 Å². The lowest BCUT2D eigenvalue weighted by Crippen LogP contribution is -2.34. The van der Waals surface area contributed by atoms with E-state index in [4.69, 9.17) is 17.3 Å². The number of carbonyl (C=O) groups excluding carboxylic acids is 1. The van der Waals surface area contributed by atoms with E-state index < -0.39 is 0 Å². The maximum atomic E-state index is 12.1. The zero-order valence-electron chi connectivity index (χ0n) is 11.1. The average molecular weight is 382 g/mol. The van der Waals surface area contributed by atoms with Crippen molar-refractivity contribution >= 4 is 45.8 Å². The number of nitrogens with two attached hydrogens (primary N) is 1. The van der Waals surface area contributed by atoms with Crippen LogP contribution in [-0.2, 0) is 11.3 Å². The Morgan fingerprint density at radius 3 is 2.85 bits per heavy atom. The summed E-state index contributed by atoms with van der Waals surface area (Å²) in [5, 5.41) is 3.63. The fraction of sp³-hybridized carbons (Fsp3) is 0.500. The Morgan fingerprint density at radius 1 is 1.45 bits per heavy atom. The highest BCUT2D eigenvalue weighted by Crippen LogP contribution is 2.31. The maximum absolute atomic E-state index is 12.1. The predicted molar refractivity (Wildman–Crippen MR) is 88.1 cm³/mol. The Morgan fingerprint density at radius 2 is 2.20 bits per heavy atom. The molecule has 2 atom stereocenters. The molecule has 1 fully saturated rings. The first kappa shape index (κ1) is 17.8. The highest BCUT2D eigenvalue weighted by Gasteiger charge is 2.31. The summed E-state index contributed by atoms with van der Waals surface area (Å²) < 4.78 is 0.937. The smallest absolute Gasteiger partial charge is 0.223 e. The Labute approximate surface area is 139 Å². The lowest BCUT2D eigenvalue weighted by atomic mass is 9.95. The predicted octanol–water partition coefficient (Wildman–Crippen LogP) is 3.52. The summed E-state index contributed by atoms with van der Waals surface area (Å²) in [6.07, 6.45) is 3.11. The molecule has 0 bridgehead atoms. The van der Waals surface area contributed by atoms with E-state index in [1.807, 2.05) is 18.2 Å². The molecular weight excluding hydrogens is 363 g/mol. The van der Waals surface area contributed by atoms with E-state index in [9.17, 15) is 4.79 Å². The van der Waals surface area contributed by atoms with Crippen LogP contribution in [-0.4, -0.2) is 12.5 Å². The second-order valence-electron chi connectivity index (χ2n) is 4.99. The van der Waals surface area contributed by atoms with Gasteiger partial charge in [0.25, 0.3) is 0 Å². The van der Waals surface area contributed by atoms with Crippen LogP contribution in [0, 0.1) is 11.8 Å². The molecule has 0 spiro atoms. The molecule has 1 saturated carbocycles. The zero-order valence-corrected chi connectivity index (χ0v) is 14.2. The van der Waals surface area contributed by atoms with Crippen LogP contribution in [0.15, 0.2) is 22.7 Å². The highest BCUT2D eigenvalue weighted by molar-refractivity contribution is 9.10. The molecule has 6 heteroatoms. The molecular formula is C14H19BrCl2N2O. The fourth-order valence-corrected chi connectivity index (χ4v) is 3.38. The standard InChI is InChI=1S/C14H18BrClN2O.ClH/c15-11-5-4-10(13(16)6-11)8-18-14(19)12-3-1-2-9(12)7-17;/h4-6,9,12H,1-3,7-8,17H2,(H,18,19);1H/t9-,12-;/m1./s1. The van der Waals surface area contributed by atoms with Crippen LogP contribution in [0.1, 0.15) is 24.8 Å². The van der Waals surface area contributed by atoms with E-state index in [0.29, 0.717) is 24.0 Å². The van der Waals surface area contributed by atoms with Gasteiger partial charge in [-0.3, -0.25) is 4.79 Å². The van der Waals surface area contributed by atoms with Crippen molar-refractivity contribution < 1.29 is 4.79 Å². The number of halogens is 3. The van der Waals surface area contributed by atoms with Gasteiger partial charge in [0.2, 0.25) is 5.91 Å². The number of rotatable bonds is 4. The van der Waals surface area contributed by atoms with Crippen molar-refractivity contribution in [1.82, 2.24) is 5.32 Å². The van der Waals surface area contributed by atoms with Crippen molar-refractivity contribution in [3.8, 4) is 0 Å². The molecule has 1 aliphatic rings. The third kappa shape index (κ3) is 4.35. The largest absolute Gasteiger partial charge is 0.352 e. The molecule has 3 nitrogen and oxygen atoms in total. The van der Waals surface area contributed by atoms with Crippen LogP contribution < -0.4 is 11.1 Å². The minimum atomic E-state index is 0. The van der Waals surface area contributed by atoms with Gasteiger partial charge in [-0.25, -0.2) is 0 Å². The highest BCUT2D eigenvalue weighted by atomic mass is 79.9. The second-order valence-corrected chi connectivity index (χ2v) is 6.31. The molecule has 0 aliphatic heterocycles. The van der Waals surface area contributed by atoms with E-state index in [0.717, 1.165) is 29.3 Å². The lowest BCUT2D eigenvalue weighted by Gasteiger charge is -2.17. The summed E-state index contributed by atoms with van der Waals surface area (Å²) in [6.45, 7) is 1.07. The number of hydrogen-bond donors (Lipinski definition) is 2. The molecule has 112 valence electrons. The van der Waals surface area contributed by atoms with Crippen molar-refractivity contribution in [1.29, 1.82) is 0 Å². The van der Waals surface area contributed by atoms with Gasteiger partial charge in [-0.15, -0.1) is 12.4 Å². The Balaban J connectivity index is 0.00000200. The van der Waals surface area contributed by atoms with Gasteiger partial charge >= 0.3 is 0 Å². The van der Waals surface area contributed by atoms with Crippen molar-refractivity contribution in [3.63, 3.8) is 0 Å². The monoisotopic (exact) mass is 380 g/mol. The third-order valence-electron chi connectivity index (χ3n) is 3.77. The molecule has 1 aromatic carbocycles. The first-order valence-electron chi connectivity index (χ1n) is 6.53. The summed E-state index contributed by atoms with van der Waals surface area (Å²) >= 11 is 9.49. The molecule has 20 heavy (non-hydrogen) atoms. The summed E-state index contributed by atoms with van der Waals surface area (Å²) in [7, 11) is 0. The molecule has 0 aromatic heterocycles. The molecule has 1 aromatic rings. The van der Waals surface area contributed by atoms with E-state index in [2.05, 4.69) is 21.2 Å². The topological polar surface area (TPSA) is 55.1 Å². The maximum Gasteiger partial charge on any atom is 0.223 e. The summed E-state index contributed by atoms with van der Waals surface area (Å²) in [6, 6.07) is 5.68. The Hall–Kier alpha value is -0.290. The molecule has 0 radical (unpaired) electrons. The molecule has 0 unspecified atom stereocenters. The summed E-state index contributed by atoms with van der Waals surface area (Å²) in [5.74, 6) is 0.506. The van der Waals surface area contributed by atoms with Gasteiger partial charge in [0, 0.05) is 22.0 Å². The van der Waals surface area contributed by atoms with Gasteiger partial charge in [0.05, 0.1) is 0 Å². The molecule has 1 aliphatic carbocycles. The van der Waals surface area contributed by atoms with Crippen LogP contribution in [0.2, 0.25) is 5.02 Å². The quantitative estimate of drug-likeness (QED) is 0.838. The average Bonchev–Trinajstić information content (AvgIpc) is 2.85. The van der Waals surface area contributed by atoms with Crippen LogP contribution in [0.4, 0.5) is 0 Å². The van der Waals surface area contributed by atoms with E-state index >= 15 is 0 Å². The minimum Gasteiger partial charge on any atom is -0.352 e. The molecule has 2 rings (SSSR count). The van der Waals surface area contributed by atoms with E-state index in [-0.39, 0.29) is 24.2 Å². The first-order valence-corrected chi connectivity index (χ1v) is 7.70. The number of amides is 1. The number of hydrogen-bond acceptors (Lipinski definition) is 2. The SMILES string of the molecule is Cl.NC[C@H]1CCC[C@H]1C(=O)NCc1ccc(Br)cc1Cl. The molecule has 1 amide bonds. The molecule has 0 saturated heterocycles. The normalized spacial score (nSPS) is 21.4. The van der Waals surface area contributed by atoms with Gasteiger partial charge in [0.15, 0.2) is 0 Å². The first-order chi connectivity index (χ1) is 9.11. The number of nitrogens with one attached hydrogen (secondary N) is 1. The summed E-state index contributed by atoms with van der Waals surface area (Å²) in [5.41, 5.74) is 6.63. The zero-order chi connectivity index (χ0) is 13.8.